The maximum atomic E-state index is 12.3. The Kier molecular flexibility index (Phi) is 6.22. The molecule has 7 heteroatoms. The van der Waals surface area contributed by atoms with E-state index in [2.05, 4.69) is 4.72 Å². The maximum Gasteiger partial charge on any atom is 0.241 e. The molecule has 1 aromatic rings. The van der Waals surface area contributed by atoms with Crippen molar-refractivity contribution in [3.63, 3.8) is 0 Å². The molecule has 0 radical (unpaired) electrons. The number of hydrogen-bond acceptors (Lipinski definition) is 4. The maximum absolute atomic E-state index is 12.3. The van der Waals surface area contributed by atoms with Crippen LogP contribution in [0.15, 0.2) is 23.1 Å². The van der Waals surface area contributed by atoms with Crippen LogP contribution in [-0.2, 0) is 14.8 Å². The summed E-state index contributed by atoms with van der Waals surface area (Å²) < 4.78 is 32.0. The van der Waals surface area contributed by atoms with Crippen LogP contribution in [0.2, 0.25) is 5.02 Å². The van der Waals surface area contributed by atoms with Crippen molar-refractivity contribution in [3.05, 3.63) is 28.8 Å². The number of hydrogen-bond donors (Lipinski definition) is 2. The van der Waals surface area contributed by atoms with Crippen molar-refractivity contribution in [1.29, 1.82) is 0 Å². The summed E-state index contributed by atoms with van der Waals surface area (Å²) in [7, 11) is -2.21. The van der Waals surface area contributed by atoms with Gasteiger partial charge in [0.1, 0.15) is 0 Å². The molecule has 2 N–H and O–H groups in total. The Balaban J connectivity index is 2.99. The zero-order valence-corrected chi connectivity index (χ0v) is 12.5. The van der Waals surface area contributed by atoms with Crippen LogP contribution in [0.4, 0.5) is 0 Å². The van der Waals surface area contributed by atoms with Crippen molar-refractivity contribution in [3.8, 4) is 0 Å². The summed E-state index contributed by atoms with van der Waals surface area (Å²) in [6.07, 6.45) is 0.284. The fraction of sp³-hybridized carbons (Fsp3) is 0.500. The first-order chi connectivity index (χ1) is 8.90. The van der Waals surface area contributed by atoms with Gasteiger partial charge < -0.3 is 9.84 Å². The zero-order valence-electron chi connectivity index (χ0n) is 10.9. The molecule has 0 aromatic heterocycles. The summed E-state index contributed by atoms with van der Waals surface area (Å²) in [5.74, 6) is 0. The second-order valence-corrected chi connectivity index (χ2v) is 6.31. The number of halogens is 1. The van der Waals surface area contributed by atoms with Crippen LogP contribution in [0, 0.1) is 6.92 Å². The molecule has 0 fully saturated rings. The molecule has 0 heterocycles. The second-order valence-electron chi connectivity index (χ2n) is 4.20. The smallest absolute Gasteiger partial charge is 0.241 e. The van der Waals surface area contributed by atoms with Crippen LogP contribution in [0.5, 0.6) is 0 Å². The Morgan fingerprint density at radius 3 is 2.74 bits per heavy atom. The molecule has 0 aliphatic carbocycles. The van der Waals surface area contributed by atoms with E-state index in [1.807, 2.05) is 0 Å². The van der Waals surface area contributed by atoms with Crippen LogP contribution < -0.4 is 4.72 Å². The third kappa shape index (κ3) is 4.74. The van der Waals surface area contributed by atoms with E-state index in [1.54, 1.807) is 19.1 Å². The number of aliphatic hydroxyl groups is 1. The van der Waals surface area contributed by atoms with Crippen LogP contribution >= 0.6 is 11.6 Å². The van der Waals surface area contributed by atoms with Crippen LogP contribution in [0.1, 0.15) is 12.0 Å². The average molecular weight is 308 g/mol. The van der Waals surface area contributed by atoms with Gasteiger partial charge in [0.25, 0.3) is 0 Å². The molecule has 0 aliphatic heterocycles. The summed E-state index contributed by atoms with van der Waals surface area (Å²) in [5.41, 5.74) is 0.608. The van der Waals surface area contributed by atoms with E-state index in [-0.39, 0.29) is 24.5 Å². The molecule has 0 bridgehead atoms. The van der Waals surface area contributed by atoms with E-state index >= 15 is 0 Å². The average Bonchev–Trinajstić information content (AvgIpc) is 2.32. The van der Waals surface area contributed by atoms with Crippen LogP contribution in [0.3, 0.4) is 0 Å². The minimum atomic E-state index is -3.68. The lowest BCUT2D eigenvalue weighted by atomic mass is 10.2. The van der Waals surface area contributed by atoms with Gasteiger partial charge in [0.05, 0.1) is 11.5 Å². The number of ether oxygens (including phenoxy) is 1. The van der Waals surface area contributed by atoms with Gasteiger partial charge in [0.15, 0.2) is 0 Å². The van der Waals surface area contributed by atoms with Crippen LogP contribution in [-0.4, -0.2) is 39.9 Å². The first kappa shape index (κ1) is 16.4. The Labute approximate surface area is 118 Å². The molecular weight excluding hydrogens is 290 g/mol. The third-order valence-electron chi connectivity index (χ3n) is 2.61. The highest BCUT2D eigenvalue weighted by atomic mass is 35.5. The topological polar surface area (TPSA) is 75.6 Å². The molecule has 1 unspecified atom stereocenters. The van der Waals surface area contributed by atoms with Crippen molar-refractivity contribution < 1.29 is 18.3 Å². The van der Waals surface area contributed by atoms with Gasteiger partial charge in [-0.3, -0.25) is 0 Å². The molecule has 108 valence electrons. The van der Waals surface area contributed by atoms with E-state index < -0.39 is 16.1 Å². The van der Waals surface area contributed by atoms with E-state index in [0.29, 0.717) is 10.6 Å². The molecule has 19 heavy (non-hydrogen) atoms. The van der Waals surface area contributed by atoms with Gasteiger partial charge in [-0.15, -0.1) is 0 Å². The molecular formula is C12H18ClNO4S. The molecule has 0 spiro atoms. The molecule has 1 aromatic carbocycles. The standard InChI is InChI=1S/C12H18ClNO4S/c1-9-3-4-10(13)7-12(9)19(16,17)14-11(5-6-15)8-18-2/h3-4,7,11,14-15H,5-6,8H2,1-2H3. The molecule has 0 saturated heterocycles. The predicted molar refractivity (Wildman–Crippen MR) is 73.9 cm³/mol. The summed E-state index contributed by atoms with van der Waals surface area (Å²) in [4.78, 5) is 0.138. The minimum Gasteiger partial charge on any atom is -0.396 e. The van der Waals surface area contributed by atoms with Gasteiger partial charge in [-0.05, 0) is 31.0 Å². The summed E-state index contributed by atoms with van der Waals surface area (Å²) >= 11 is 5.82. The van der Waals surface area contributed by atoms with Gasteiger partial charge in [0, 0.05) is 24.8 Å². The van der Waals surface area contributed by atoms with Crippen molar-refractivity contribution in [1.82, 2.24) is 4.72 Å². The molecule has 1 rings (SSSR count). The number of sulfonamides is 1. The Morgan fingerprint density at radius 1 is 1.47 bits per heavy atom. The van der Waals surface area contributed by atoms with Crippen molar-refractivity contribution in [2.24, 2.45) is 0 Å². The van der Waals surface area contributed by atoms with Gasteiger partial charge in [-0.2, -0.15) is 0 Å². The second kappa shape index (κ2) is 7.21. The highest BCUT2D eigenvalue weighted by molar-refractivity contribution is 7.89. The van der Waals surface area contributed by atoms with E-state index in [0.717, 1.165) is 0 Å². The lowest BCUT2D eigenvalue weighted by Crippen LogP contribution is -2.38. The molecule has 5 nitrogen and oxygen atoms in total. The lowest BCUT2D eigenvalue weighted by Gasteiger charge is -2.18. The third-order valence-corrected chi connectivity index (χ3v) is 4.50. The monoisotopic (exact) mass is 307 g/mol. The summed E-state index contributed by atoms with van der Waals surface area (Å²) in [5, 5.41) is 9.28. The molecule has 0 saturated carbocycles. The first-order valence-corrected chi connectivity index (χ1v) is 7.65. The summed E-state index contributed by atoms with van der Waals surface area (Å²) in [6, 6.07) is 4.21. The Morgan fingerprint density at radius 2 is 2.16 bits per heavy atom. The Bertz CT molecular complexity index is 512. The van der Waals surface area contributed by atoms with Crippen molar-refractivity contribution in [2.75, 3.05) is 20.3 Å². The van der Waals surface area contributed by atoms with Gasteiger partial charge in [-0.25, -0.2) is 13.1 Å². The number of methoxy groups -OCH3 is 1. The number of aliphatic hydroxyl groups excluding tert-OH is 1. The minimum absolute atomic E-state index is 0.120. The molecule has 1 atom stereocenters. The fourth-order valence-corrected chi connectivity index (χ4v) is 3.44. The molecule has 0 aliphatic rings. The van der Waals surface area contributed by atoms with E-state index in [9.17, 15) is 8.42 Å². The van der Waals surface area contributed by atoms with Crippen molar-refractivity contribution in [2.45, 2.75) is 24.3 Å². The van der Waals surface area contributed by atoms with Crippen molar-refractivity contribution >= 4 is 21.6 Å². The normalized spacial score (nSPS) is 13.5. The lowest BCUT2D eigenvalue weighted by molar-refractivity contribution is 0.158. The van der Waals surface area contributed by atoms with E-state index in [1.165, 1.54) is 13.2 Å². The predicted octanol–water partition coefficient (Wildman–Crippen LogP) is 1.32. The zero-order chi connectivity index (χ0) is 14.5. The fourth-order valence-electron chi connectivity index (χ4n) is 1.68. The quantitative estimate of drug-likeness (QED) is 0.797. The summed E-state index contributed by atoms with van der Waals surface area (Å²) in [6.45, 7) is 1.77. The number of benzene rings is 1. The number of rotatable bonds is 7. The van der Waals surface area contributed by atoms with Gasteiger partial charge >= 0.3 is 0 Å². The number of nitrogens with one attached hydrogen (secondary N) is 1. The Hall–Kier alpha value is -0.660. The highest BCUT2D eigenvalue weighted by Gasteiger charge is 2.21. The first-order valence-electron chi connectivity index (χ1n) is 5.79. The van der Waals surface area contributed by atoms with Gasteiger partial charge in [-0.1, -0.05) is 17.7 Å². The highest BCUT2D eigenvalue weighted by Crippen LogP contribution is 2.20. The molecule has 0 amide bonds. The largest absolute Gasteiger partial charge is 0.396 e. The van der Waals surface area contributed by atoms with Gasteiger partial charge in [0.2, 0.25) is 10.0 Å². The number of aryl methyl sites for hydroxylation is 1. The SMILES string of the molecule is COCC(CCO)NS(=O)(=O)c1cc(Cl)ccc1C. The van der Waals surface area contributed by atoms with E-state index in [4.69, 9.17) is 21.4 Å². The van der Waals surface area contributed by atoms with Crippen LogP contribution in [0.25, 0.3) is 0 Å².